The molecule has 2 aromatic carbocycles. The zero-order chi connectivity index (χ0) is 23.1. The average molecular weight is 489 g/mol. The van der Waals surface area contributed by atoms with Gasteiger partial charge in [-0.25, -0.2) is 0 Å². The van der Waals surface area contributed by atoms with Crippen molar-refractivity contribution >= 4 is 27.7 Å². The van der Waals surface area contributed by atoms with Crippen LogP contribution in [0.25, 0.3) is 0 Å². The number of hydrogen-bond acceptors (Lipinski definition) is 3. The van der Waals surface area contributed by atoms with Crippen LogP contribution in [0.3, 0.4) is 0 Å². The molecule has 0 fully saturated rings. The van der Waals surface area contributed by atoms with E-state index in [9.17, 15) is 9.59 Å². The van der Waals surface area contributed by atoms with Gasteiger partial charge < -0.3 is 15.0 Å². The summed E-state index contributed by atoms with van der Waals surface area (Å²) >= 11 is 3.54. The lowest BCUT2D eigenvalue weighted by atomic mass is 10.1. The normalized spacial score (nSPS) is 12.7. The maximum Gasteiger partial charge on any atom is 0.261 e. The molecule has 0 aliphatic rings. The Morgan fingerprint density at radius 1 is 1.10 bits per heavy atom. The van der Waals surface area contributed by atoms with Crippen molar-refractivity contribution in [2.24, 2.45) is 0 Å². The molecule has 0 saturated carbocycles. The molecule has 0 aromatic heterocycles. The molecule has 0 bridgehead atoms. The van der Waals surface area contributed by atoms with Crippen molar-refractivity contribution in [1.29, 1.82) is 0 Å². The van der Waals surface area contributed by atoms with Gasteiger partial charge in [-0.1, -0.05) is 52.7 Å². The lowest BCUT2D eigenvalue weighted by molar-refractivity contribution is -0.142. The molecule has 0 heterocycles. The number of halogens is 1. The molecule has 0 spiro atoms. The first-order valence-corrected chi connectivity index (χ1v) is 11.5. The summed E-state index contributed by atoms with van der Waals surface area (Å²) in [7, 11) is 0. The standard InChI is InChI=1S/C25H33BrN2O3/c1-7-19(5)27-25(30)20(6)28(14-21-10-8-9-16(2)11-21)23(29)15-31-22-12-17(3)24(26)18(4)13-22/h8-13,19-20H,7,14-15H2,1-6H3,(H,27,30)/t19-,20-/m1/s1. The number of hydrogen-bond donors (Lipinski definition) is 1. The smallest absolute Gasteiger partial charge is 0.261 e. The van der Waals surface area contributed by atoms with Gasteiger partial charge in [-0.15, -0.1) is 0 Å². The maximum absolute atomic E-state index is 13.2. The van der Waals surface area contributed by atoms with Crippen LogP contribution >= 0.6 is 15.9 Å². The Morgan fingerprint density at radius 2 is 1.74 bits per heavy atom. The van der Waals surface area contributed by atoms with Crippen molar-refractivity contribution in [3.05, 3.63) is 63.1 Å². The molecule has 1 N–H and O–H groups in total. The lowest BCUT2D eigenvalue weighted by Crippen LogP contribution is -2.50. The minimum atomic E-state index is -0.612. The molecule has 168 valence electrons. The van der Waals surface area contributed by atoms with Crippen molar-refractivity contribution in [2.75, 3.05) is 6.61 Å². The molecule has 2 aromatic rings. The van der Waals surface area contributed by atoms with Crippen molar-refractivity contribution < 1.29 is 14.3 Å². The Hall–Kier alpha value is -2.34. The monoisotopic (exact) mass is 488 g/mol. The number of amides is 2. The second-order valence-corrected chi connectivity index (χ2v) is 8.96. The molecule has 0 saturated heterocycles. The third-order valence-corrected chi connectivity index (χ3v) is 6.63. The van der Waals surface area contributed by atoms with Crippen molar-refractivity contribution in [3.8, 4) is 5.75 Å². The summed E-state index contributed by atoms with van der Waals surface area (Å²) < 4.78 is 6.85. The third kappa shape index (κ3) is 7.10. The van der Waals surface area contributed by atoms with Crippen LogP contribution in [0.15, 0.2) is 40.9 Å². The third-order valence-electron chi connectivity index (χ3n) is 5.38. The number of rotatable bonds is 9. The summed E-state index contributed by atoms with van der Waals surface area (Å²) in [6.45, 7) is 11.9. The summed E-state index contributed by atoms with van der Waals surface area (Å²) in [4.78, 5) is 27.5. The van der Waals surface area contributed by atoms with Gasteiger partial charge in [0.25, 0.3) is 5.91 Å². The van der Waals surface area contributed by atoms with Gasteiger partial charge in [-0.05, 0) is 69.9 Å². The predicted molar refractivity (Wildman–Crippen MR) is 128 cm³/mol. The molecule has 0 aliphatic carbocycles. The first-order chi connectivity index (χ1) is 14.6. The molecular formula is C25H33BrN2O3. The number of aryl methyl sites for hydroxylation is 3. The molecule has 31 heavy (non-hydrogen) atoms. The van der Waals surface area contributed by atoms with Crippen molar-refractivity contribution in [2.45, 2.75) is 66.6 Å². The first-order valence-electron chi connectivity index (χ1n) is 10.7. The van der Waals surface area contributed by atoms with Gasteiger partial charge in [-0.3, -0.25) is 9.59 Å². The van der Waals surface area contributed by atoms with Crippen LogP contribution in [0, 0.1) is 20.8 Å². The van der Waals surface area contributed by atoms with Gasteiger partial charge in [0.2, 0.25) is 5.91 Å². The van der Waals surface area contributed by atoms with E-state index in [1.807, 2.05) is 71.0 Å². The largest absolute Gasteiger partial charge is 0.484 e. The van der Waals surface area contributed by atoms with Gasteiger partial charge in [0, 0.05) is 17.1 Å². The van der Waals surface area contributed by atoms with Gasteiger partial charge in [0.05, 0.1) is 0 Å². The van der Waals surface area contributed by atoms with Crippen LogP contribution in [-0.4, -0.2) is 35.4 Å². The fraction of sp³-hybridized carbons (Fsp3) is 0.440. The van der Waals surface area contributed by atoms with E-state index in [4.69, 9.17) is 4.74 Å². The Kier molecular flexibility index (Phi) is 9.11. The van der Waals surface area contributed by atoms with Crippen LogP contribution < -0.4 is 10.1 Å². The van der Waals surface area contributed by atoms with Crippen molar-refractivity contribution in [1.82, 2.24) is 10.2 Å². The Bertz CT molecular complexity index is 906. The second kappa shape index (κ2) is 11.3. The van der Waals surface area contributed by atoms with E-state index in [0.29, 0.717) is 12.3 Å². The first kappa shape index (κ1) is 24.9. The van der Waals surface area contributed by atoms with E-state index in [-0.39, 0.29) is 24.5 Å². The second-order valence-electron chi connectivity index (χ2n) is 8.16. The highest BCUT2D eigenvalue weighted by Crippen LogP contribution is 2.26. The van der Waals surface area contributed by atoms with E-state index in [2.05, 4.69) is 21.2 Å². The van der Waals surface area contributed by atoms with E-state index >= 15 is 0 Å². The zero-order valence-corrected chi connectivity index (χ0v) is 20.9. The van der Waals surface area contributed by atoms with Crippen molar-refractivity contribution in [3.63, 3.8) is 0 Å². The quantitative estimate of drug-likeness (QED) is 0.534. The number of benzene rings is 2. The van der Waals surface area contributed by atoms with Gasteiger partial charge in [0.1, 0.15) is 11.8 Å². The summed E-state index contributed by atoms with van der Waals surface area (Å²) in [6, 6.07) is 11.2. The molecule has 2 rings (SSSR count). The molecular weight excluding hydrogens is 456 g/mol. The van der Waals surface area contributed by atoms with Gasteiger partial charge in [-0.2, -0.15) is 0 Å². The summed E-state index contributed by atoms with van der Waals surface area (Å²) in [6.07, 6.45) is 0.829. The van der Waals surface area contributed by atoms with Crippen LogP contribution in [0.4, 0.5) is 0 Å². The summed E-state index contributed by atoms with van der Waals surface area (Å²) in [5.41, 5.74) is 4.17. The van der Waals surface area contributed by atoms with Crippen LogP contribution in [0.5, 0.6) is 5.75 Å². The van der Waals surface area contributed by atoms with Gasteiger partial charge in [0.15, 0.2) is 6.61 Å². The van der Waals surface area contributed by atoms with Crippen LogP contribution in [-0.2, 0) is 16.1 Å². The number of nitrogens with zero attached hydrogens (tertiary/aromatic N) is 1. The molecule has 0 unspecified atom stereocenters. The van der Waals surface area contributed by atoms with Crippen LogP contribution in [0.2, 0.25) is 0 Å². The number of carbonyl (C=O) groups is 2. The Balaban J connectivity index is 2.19. The number of carbonyl (C=O) groups excluding carboxylic acids is 2. The summed E-state index contributed by atoms with van der Waals surface area (Å²) in [5.74, 6) is 0.246. The van der Waals surface area contributed by atoms with E-state index in [1.54, 1.807) is 11.8 Å². The summed E-state index contributed by atoms with van der Waals surface area (Å²) in [5, 5.41) is 2.98. The molecule has 2 amide bonds. The fourth-order valence-electron chi connectivity index (χ4n) is 3.27. The fourth-order valence-corrected chi connectivity index (χ4v) is 3.50. The number of ether oxygens (including phenoxy) is 1. The Labute approximate surface area is 194 Å². The highest BCUT2D eigenvalue weighted by atomic mass is 79.9. The molecule has 6 heteroatoms. The van der Waals surface area contributed by atoms with E-state index in [1.165, 1.54) is 0 Å². The minimum Gasteiger partial charge on any atom is -0.484 e. The average Bonchev–Trinajstić information content (AvgIpc) is 2.73. The molecule has 2 atom stereocenters. The lowest BCUT2D eigenvalue weighted by Gasteiger charge is -2.29. The number of nitrogens with one attached hydrogen (secondary N) is 1. The van der Waals surface area contributed by atoms with E-state index in [0.717, 1.165) is 33.1 Å². The SMILES string of the molecule is CC[C@@H](C)NC(=O)[C@@H](C)N(Cc1cccc(C)c1)C(=O)COc1cc(C)c(Br)c(C)c1. The highest BCUT2D eigenvalue weighted by molar-refractivity contribution is 9.10. The van der Waals surface area contributed by atoms with E-state index < -0.39 is 6.04 Å². The maximum atomic E-state index is 13.2. The molecule has 5 nitrogen and oxygen atoms in total. The zero-order valence-electron chi connectivity index (χ0n) is 19.3. The Morgan fingerprint density at radius 3 is 2.32 bits per heavy atom. The highest BCUT2D eigenvalue weighted by Gasteiger charge is 2.27. The molecule has 0 radical (unpaired) electrons. The van der Waals surface area contributed by atoms with Crippen LogP contribution in [0.1, 0.15) is 49.4 Å². The predicted octanol–water partition coefficient (Wildman–Crippen LogP) is 5.09. The van der Waals surface area contributed by atoms with Gasteiger partial charge >= 0.3 is 0 Å². The topological polar surface area (TPSA) is 58.6 Å². The minimum absolute atomic E-state index is 0.0517. The molecule has 0 aliphatic heterocycles.